The molecule has 0 spiro atoms. The summed E-state index contributed by atoms with van der Waals surface area (Å²) in [6.45, 7) is 10.4. The Labute approximate surface area is 132 Å². The van der Waals surface area contributed by atoms with Crippen molar-refractivity contribution in [2.75, 3.05) is 19.6 Å². The van der Waals surface area contributed by atoms with Gasteiger partial charge in [-0.2, -0.15) is 0 Å². The normalized spacial score (nSPS) is 17.5. The SMILES string of the molecule is CC(=O)CCCCCCCCCN1CCC(C(C)C)CC1. The fourth-order valence-corrected chi connectivity index (χ4v) is 3.44. The zero-order valence-corrected chi connectivity index (χ0v) is 14.7. The largest absolute Gasteiger partial charge is 0.303 e. The minimum absolute atomic E-state index is 0.344. The first-order valence-corrected chi connectivity index (χ1v) is 9.31. The standard InChI is InChI=1S/C19H37NO/c1-17(2)19-12-15-20(16-13-19)14-10-8-6-4-5-7-9-11-18(3)21/h17,19H,4-16H2,1-3H3. The minimum Gasteiger partial charge on any atom is -0.303 e. The van der Waals surface area contributed by atoms with E-state index in [1.165, 1.54) is 71.0 Å². The van der Waals surface area contributed by atoms with Gasteiger partial charge >= 0.3 is 0 Å². The van der Waals surface area contributed by atoms with Gasteiger partial charge in [0.05, 0.1) is 0 Å². The van der Waals surface area contributed by atoms with Crippen LogP contribution in [0.3, 0.4) is 0 Å². The lowest BCUT2D eigenvalue weighted by Crippen LogP contribution is -2.35. The Hall–Kier alpha value is -0.370. The van der Waals surface area contributed by atoms with E-state index in [4.69, 9.17) is 0 Å². The molecule has 0 amide bonds. The van der Waals surface area contributed by atoms with Crippen molar-refractivity contribution in [3.8, 4) is 0 Å². The summed E-state index contributed by atoms with van der Waals surface area (Å²) in [7, 11) is 0. The van der Waals surface area contributed by atoms with Crippen molar-refractivity contribution in [2.45, 2.75) is 85.0 Å². The molecule has 0 aromatic heterocycles. The third-order valence-electron chi connectivity index (χ3n) is 5.08. The molecule has 1 aliphatic rings. The van der Waals surface area contributed by atoms with E-state index in [9.17, 15) is 4.79 Å². The first-order chi connectivity index (χ1) is 10.1. The molecule has 0 bridgehead atoms. The molecule has 1 heterocycles. The van der Waals surface area contributed by atoms with Gasteiger partial charge in [-0.25, -0.2) is 0 Å². The summed E-state index contributed by atoms with van der Waals surface area (Å²) < 4.78 is 0. The number of hydrogen-bond acceptors (Lipinski definition) is 2. The van der Waals surface area contributed by atoms with Crippen LogP contribution in [0.15, 0.2) is 0 Å². The van der Waals surface area contributed by atoms with Crippen molar-refractivity contribution < 1.29 is 4.79 Å². The second-order valence-electron chi connectivity index (χ2n) is 7.35. The summed E-state index contributed by atoms with van der Waals surface area (Å²) in [5.41, 5.74) is 0. The average molecular weight is 296 g/mol. The average Bonchev–Trinajstić information content (AvgIpc) is 2.45. The number of Topliss-reactive ketones (excluding diaryl/α,β-unsaturated/α-hetero) is 1. The smallest absolute Gasteiger partial charge is 0.129 e. The van der Waals surface area contributed by atoms with E-state index in [2.05, 4.69) is 18.7 Å². The van der Waals surface area contributed by atoms with E-state index in [0.717, 1.165) is 24.7 Å². The van der Waals surface area contributed by atoms with Crippen molar-refractivity contribution in [3.63, 3.8) is 0 Å². The van der Waals surface area contributed by atoms with Gasteiger partial charge in [0.1, 0.15) is 5.78 Å². The molecule has 0 aromatic rings. The molecule has 0 radical (unpaired) electrons. The lowest BCUT2D eigenvalue weighted by molar-refractivity contribution is -0.117. The van der Waals surface area contributed by atoms with Crippen LogP contribution in [0.1, 0.15) is 85.0 Å². The molecule has 21 heavy (non-hydrogen) atoms. The van der Waals surface area contributed by atoms with Crippen LogP contribution in [0.2, 0.25) is 0 Å². The van der Waals surface area contributed by atoms with Crippen LogP contribution in [0.4, 0.5) is 0 Å². The maximum Gasteiger partial charge on any atom is 0.129 e. The van der Waals surface area contributed by atoms with Crippen molar-refractivity contribution in [3.05, 3.63) is 0 Å². The quantitative estimate of drug-likeness (QED) is 0.496. The number of hydrogen-bond donors (Lipinski definition) is 0. The Morgan fingerprint density at radius 1 is 0.952 bits per heavy atom. The molecule has 0 aliphatic carbocycles. The molecular weight excluding hydrogens is 258 g/mol. The van der Waals surface area contributed by atoms with Gasteiger partial charge in [0.25, 0.3) is 0 Å². The van der Waals surface area contributed by atoms with E-state index in [1.54, 1.807) is 6.92 Å². The topological polar surface area (TPSA) is 20.3 Å². The Bertz CT molecular complexity index is 267. The number of rotatable bonds is 11. The van der Waals surface area contributed by atoms with Crippen LogP contribution in [-0.4, -0.2) is 30.3 Å². The van der Waals surface area contributed by atoms with Crippen LogP contribution in [-0.2, 0) is 4.79 Å². The third kappa shape index (κ3) is 9.29. The molecule has 0 unspecified atom stereocenters. The van der Waals surface area contributed by atoms with E-state index in [0.29, 0.717) is 5.78 Å². The highest BCUT2D eigenvalue weighted by Gasteiger charge is 2.20. The molecular formula is C19H37NO. The van der Waals surface area contributed by atoms with Crippen LogP contribution < -0.4 is 0 Å². The fraction of sp³-hybridized carbons (Fsp3) is 0.947. The molecule has 1 rings (SSSR count). The second kappa shape index (κ2) is 11.2. The zero-order chi connectivity index (χ0) is 15.5. The van der Waals surface area contributed by atoms with Gasteiger partial charge in [-0.15, -0.1) is 0 Å². The molecule has 1 fully saturated rings. The second-order valence-corrected chi connectivity index (χ2v) is 7.35. The molecule has 1 saturated heterocycles. The molecule has 0 atom stereocenters. The number of carbonyl (C=O) groups excluding carboxylic acids is 1. The molecule has 0 aromatic carbocycles. The van der Waals surface area contributed by atoms with Gasteiger partial charge in [-0.05, 0) is 64.1 Å². The molecule has 124 valence electrons. The lowest BCUT2D eigenvalue weighted by Gasteiger charge is -2.33. The first-order valence-electron chi connectivity index (χ1n) is 9.31. The van der Waals surface area contributed by atoms with Gasteiger partial charge in [0.2, 0.25) is 0 Å². The van der Waals surface area contributed by atoms with E-state index < -0.39 is 0 Å². The highest BCUT2D eigenvalue weighted by atomic mass is 16.1. The van der Waals surface area contributed by atoms with E-state index >= 15 is 0 Å². The molecule has 0 N–H and O–H groups in total. The lowest BCUT2D eigenvalue weighted by atomic mass is 9.87. The van der Waals surface area contributed by atoms with E-state index in [1.807, 2.05) is 0 Å². The van der Waals surface area contributed by atoms with Crippen LogP contribution in [0, 0.1) is 11.8 Å². The minimum atomic E-state index is 0.344. The third-order valence-corrected chi connectivity index (χ3v) is 5.08. The van der Waals surface area contributed by atoms with Crippen molar-refractivity contribution >= 4 is 5.78 Å². The monoisotopic (exact) mass is 295 g/mol. The number of carbonyl (C=O) groups is 1. The predicted octanol–water partition coefficient (Wildman–Crippen LogP) is 5.06. The molecule has 1 aliphatic heterocycles. The summed E-state index contributed by atoms with van der Waals surface area (Å²) in [6.07, 6.45) is 12.7. The Morgan fingerprint density at radius 2 is 1.48 bits per heavy atom. The highest BCUT2D eigenvalue weighted by molar-refractivity contribution is 5.75. The van der Waals surface area contributed by atoms with Crippen molar-refractivity contribution in [2.24, 2.45) is 11.8 Å². The maximum absolute atomic E-state index is 10.8. The van der Waals surface area contributed by atoms with Gasteiger partial charge in [0.15, 0.2) is 0 Å². The Balaban J connectivity index is 1.86. The first kappa shape index (κ1) is 18.7. The molecule has 0 saturated carbocycles. The summed E-state index contributed by atoms with van der Waals surface area (Å²) in [6, 6.07) is 0. The summed E-state index contributed by atoms with van der Waals surface area (Å²) in [5.74, 6) is 2.18. The Morgan fingerprint density at radius 3 is 2.00 bits per heavy atom. The summed E-state index contributed by atoms with van der Waals surface area (Å²) in [4.78, 5) is 13.5. The van der Waals surface area contributed by atoms with Crippen molar-refractivity contribution in [1.82, 2.24) is 4.90 Å². The summed E-state index contributed by atoms with van der Waals surface area (Å²) >= 11 is 0. The molecule has 2 heteroatoms. The van der Waals surface area contributed by atoms with Gasteiger partial charge in [-0.3, -0.25) is 0 Å². The van der Waals surface area contributed by atoms with Gasteiger partial charge < -0.3 is 9.69 Å². The van der Waals surface area contributed by atoms with Crippen molar-refractivity contribution in [1.29, 1.82) is 0 Å². The van der Waals surface area contributed by atoms with E-state index in [-0.39, 0.29) is 0 Å². The number of likely N-dealkylation sites (tertiary alicyclic amines) is 1. The fourth-order valence-electron chi connectivity index (χ4n) is 3.44. The maximum atomic E-state index is 10.8. The number of nitrogens with zero attached hydrogens (tertiary/aromatic N) is 1. The van der Waals surface area contributed by atoms with Gasteiger partial charge in [-0.1, -0.05) is 46.0 Å². The zero-order valence-electron chi connectivity index (χ0n) is 14.7. The predicted molar refractivity (Wildman–Crippen MR) is 91.6 cm³/mol. The van der Waals surface area contributed by atoms with Gasteiger partial charge in [0, 0.05) is 6.42 Å². The van der Waals surface area contributed by atoms with Crippen LogP contribution >= 0.6 is 0 Å². The number of piperidine rings is 1. The Kier molecular flexibility index (Phi) is 9.99. The van der Waals surface area contributed by atoms with Crippen LogP contribution in [0.5, 0.6) is 0 Å². The highest BCUT2D eigenvalue weighted by Crippen LogP contribution is 2.24. The van der Waals surface area contributed by atoms with Crippen LogP contribution in [0.25, 0.3) is 0 Å². The summed E-state index contributed by atoms with van der Waals surface area (Å²) in [5, 5.41) is 0. The number of ketones is 1. The molecule has 2 nitrogen and oxygen atoms in total. The number of unbranched alkanes of at least 4 members (excludes halogenated alkanes) is 6.